The van der Waals surface area contributed by atoms with Gasteiger partial charge in [0.25, 0.3) is 0 Å². The van der Waals surface area contributed by atoms with Gasteiger partial charge in [0.05, 0.1) is 25.9 Å². The highest BCUT2D eigenvalue weighted by molar-refractivity contribution is 5.76. The number of aliphatic hydroxyl groups is 7. The van der Waals surface area contributed by atoms with Crippen molar-refractivity contribution in [1.29, 1.82) is 0 Å². The van der Waals surface area contributed by atoms with Gasteiger partial charge in [-0.3, -0.25) is 9.59 Å². The van der Waals surface area contributed by atoms with Crippen molar-refractivity contribution in [3.05, 3.63) is 0 Å². The highest BCUT2D eigenvalue weighted by Gasteiger charge is 2.44. The van der Waals surface area contributed by atoms with Gasteiger partial charge in [0, 0.05) is 33.0 Å². The molecule has 0 bridgehead atoms. The maximum Gasteiger partial charge on any atom is 0.222 e. The summed E-state index contributed by atoms with van der Waals surface area (Å²) in [6, 6.07) is 0. The Morgan fingerprint density at radius 3 is 1.95 bits per heavy atom. The molecule has 15 nitrogen and oxygen atoms in total. The fourth-order valence-electron chi connectivity index (χ4n) is 4.65. The van der Waals surface area contributed by atoms with Gasteiger partial charge in [-0.2, -0.15) is 0 Å². The zero-order valence-corrected chi connectivity index (χ0v) is 23.8. The van der Waals surface area contributed by atoms with Gasteiger partial charge in [-0.1, -0.05) is 12.8 Å². The molecule has 0 aromatic heterocycles. The van der Waals surface area contributed by atoms with E-state index in [2.05, 4.69) is 5.32 Å². The number of hydrogen-bond acceptors (Lipinski definition) is 13. The summed E-state index contributed by atoms with van der Waals surface area (Å²) in [5, 5.41) is 71.8. The summed E-state index contributed by atoms with van der Waals surface area (Å²) in [6.45, 7) is 1.34. The lowest BCUT2D eigenvalue weighted by Gasteiger charge is -2.39. The van der Waals surface area contributed by atoms with Gasteiger partial charge in [0.1, 0.15) is 42.7 Å². The monoisotopic (exact) mass is 596 g/mol. The van der Waals surface area contributed by atoms with Crippen molar-refractivity contribution in [2.45, 2.75) is 113 Å². The molecular weight excluding hydrogens is 548 g/mol. The summed E-state index contributed by atoms with van der Waals surface area (Å²) in [6.07, 6.45) is -9.13. The van der Waals surface area contributed by atoms with Gasteiger partial charge < -0.3 is 64.9 Å². The van der Waals surface area contributed by atoms with E-state index in [4.69, 9.17) is 18.9 Å². The summed E-state index contributed by atoms with van der Waals surface area (Å²) in [5.74, 6) is -0.177. The topological polar surface area (TPSA) is 228 Å². The Morgan fingerprint density at radius 2 is 1.32 bits per heavy atom. The van der Waals surface area contributed by atoms with Crippen LogP contribution in [0.3, 0.4) is 0 Å². The second kappa shape index (κ2) is 18.2. The molecule has 0 spiro atoms. The summed E-state index contributed by atoms with van der Waals surface area (Å²) in [4.78, 5) is 25.9. The second-order valence-corrected chi connectivity index (χ2v) is 10.4. The largest absolute Gasteiger partial charge is 0.394 e. The first kappa shape index (κ1) is 35.7. The van der Waals surface area contributed by atoms with Crippen LogP contribution in [0.15, 0.2) is 0 Å². The number of nitrogens with one attached hydrogen (secondary N) is 1. The number of unbranched alkanes of at least 4 members (excludes halogenated alkanes) is 3. The van der Waals surface area contributed by atoms with E-state index in [0.29, 0.717) is 19.3 Å². The number of carbonyl (C=O) groups is 2. The van der Waals surface area contributed by atoms with Gasteiger partial charge in [-0.15, -0.1) is 0 Å². The minimum atomic E-state index is -1.56. The Hall–Kier alpha value is -1.50. The molecule has 2 heterocycles. The van der Waals surface area contributed by atoms with Crippen molar-refractivity contribution >= 4 is 11.8 Å². The quantitative estimate of drug-likeness (QED) is 0.0782. The molecule has 0 aromatic rings. The fourth-order valence-corrected chi connectivity index (χ4v) is 4.65. The van der Waals surface area contributed by atoms with Crippen LogP contribution in [0.4, 0.5) is 0 Å². The molecule has 2 aliphatic heterocycles. The molecule has 2 saturated heterocycles. The smallest absolute Gasteiger partial charge is 0.222 e. The molecule has 2 amide bonds. The third-order valence-corrected chi connectivity index (χ3v) is 7.33. The predicted molar refractivity (Wildman–Crippen MR) is 141 cm³/mol. The Bertz CT molecular complexity index is 776. The molecule has 0 saturated carbocycles. The predicted octanol–water partition coefficient (Wildman–Crippen LogP) is -3.05. The minimum Gasteiger partial charge on any atom is -0.394 e. The Labute approximate surface area is 239 Å². The standard InChI is InChI=1S/C26H48N2O13/c1-15-19(32)21(34)23(36)25(40-15)39-13-11-28(18(31)9-6-4-3-5-8-17(30)27-2)10-7-12-38-26-24(37)22(35)20(33)16(14-29)41-26/h15-16,19-26,29,32-37H,3-14H2,1-2H3,(H,27,30)/t15-,16+,19+,20+,21+,22-,23-,24-,25+,26+/m0/s1. The van der Waals surface area contributed by atoms with E-state index in [1.165, 1.54) is 6.92 Å². The van der Waals surface area contributed by atoms with Crippen LogP contribution in [0.1, 0.15) is 51.9 Å². The van der Waals surface area contributed by atoms with E-state index in [9.17, 15) is 45.3 Å². The number of hydrogen-bond donors (Lipinski definition) is 8. The molecule has 0 aromatic carbocycles. The molecule has 2 rings (SSSR count). The van der Waals surface area contributed by atoms with E-state index >= 15 is 0 Å². The average molecular weight is 597 g/mol. The Balaban J connectivity index is 1.85. The van der Waals surface area contributed by atoms with Crippen LogP contribution in [0.5, 0.6) is 0 Å². The Kier molecular flexibility index (Phi) is 15.9. The SMILES string of the molecule is CNC(=O)CCCCCCC(=O)N(CCCO[C@@H]1O[C@H](CO)[C@@H](O)[C@H](O)[C@@H]1O)CCO[C@@H]1O[C@@H](C)[C@@H](O)[C@@H](O)[C@@H]1O. The summed E-state index contributed by atoms with van der Waals surface area (Å²) < 4.78 is 21.9. The van der Waals surface area contributed by atoms with E-state index in [0.717, 1.165) is 19.3 Å². The Morgan fingerprint density at radius 1 is 0.732 bits per heavy atom. The van der Waals surface area contributed by atoms with Crippen LogP contribution in [0, 0.1) is 0 Å². The fraction of sp³-hybridized carbons (Fsp3) is 0.923. The van der Waals surface area contributed by atoms with Gasteiger partial charge in [-0.05, 0) is 26.2 Å². The molecule has 15 heteroatoms. The summed E-state index contributed by atoms with van der Waals surface area (Å²) in [7, 11) is 1.58. The molecule has 2 fully saturated rings. The maximum absolute atomic E-state index is 13.0. The maximum atomic E-state index is 13.0. The van der Waals surface area contributed by atoms with Crippen molar-refractivity contribution in [3.63, 3.8) is 0 Å². The molecule has 0 aliphatic carbocycles. The number of carbonyl (C=O) groups excluding carboxylic acids is 2. The highest BCUT2D eigenvalue weighted by atomic mass is 16.7. The first-order chi connectivity index (χ1) is 19.5. The zero-order valence-electron chi connectivity index (χ0n) is 23.8. The third-order valence-electron chi connectivity index (χ3n) is 7.33. The van der Waals surface area contributed by atoms with E-state index in [-0.39, 0.29) is 44.5 Å². The number of rotatable bonds is 17. The van der Waals surface area contributed by atoms with Crippen molar-refractivity contribution in [2.24, 2.45) is 0 Å². The van der Waals surface area contributed by atoms with Crippen molar-refractivity contribution in [1.82, 2.24) is 10.2 Å². The van der Waals surface area contributed by atoms with Crippen molar-refractivity contribution < 1.29 is 64.3 Å². The number of nitrogens with zero attached hydrogens (tertiary/aromatic N) is 1. The van der Waals surface area contributed by atoms with E-state index in [1.54, 1.807) is 11.9 Å². The van der Waals surface area contributed by atoms with Crippen LogP contribution in [-0.4, -0.2) is 154 Å². The molecule has 10 atom stereocenters. The zero-order chi connectivity index (χ0) is 30.5. The van der Waals surface area contributed by atoms with Crippen LogP contribution in [0.25, 0.3) is 0 Å². The number of aliphatic hydroxyl groups excluding tert-OH is 7. The molecule has 2 aliphatic rings. The number of amides is 2. The number of ether oxygens (including phenoxy) is 4. The molecule has 0 unspecified atom stereocenters. The lowest BCUT2D eigenvalue weighted by atomic mass is 9.99. The summed E-state index contributed by atoms with van der Waals surface area (Å²) >= 11 is 0. The lowest BCUT2D eigenvalue weighted by molar-refractivity contribution is -0.301. The minimum absolute atomic E-state index is 0.0251. The molecule has 240 valence electrons. The van der Waals surface area contributed by atoms with Gasteiger partial charge in [0.2, 0.25) is 11.8 Å². The normalized spacial score (nSPS) is 33.9. The van der Waals surface area contributed by atoms with Crippen LogP contribution >= 0.6 is 0 Å². The van der Waals surface area contributed by atoms with Gasteiger partial charge >= 0.3 is 0 Å². The summed E-state index contributed by atoms with van der Waals surface area (Å²) in [5.41, 5.74) is 0. The lowest BCUT2D eigenvalue weighted by Crippen LogP contribution is -2.59. The first-order valence-electron chi connectivity index (χ1n) is 14.2. The second-order valence-electron chi connectivity index (χ2n) is 10.4. The highest BCUT2D eigenvalue weighted by Crippen LogP contribution is 2.23. The van der Waals surface area contributed by atoms with Gasteiger partial charge in [0.15, 0.2) is 12.6 Å². The van der Waals surface area contributed by atoms with Crippen molar-refractivity contribution in [3.8, 4) is 0 Å². The first-order valence-corrected chi connectivity index (χ1v) is 14.2. The average Bonchev–Trinajstić information content (AvgIpc) is 2.96. The van der Waals surface area contributed by atoms with E-state index in [1.807, 2.05) is 0 Å². The van der Waals surface area contributed by atoms with Crippen LogP contribution < -0.4 is 5.32 Å². The van der Waals surface area contributed by atoms with E-state index < -0.39 is 68.0 Å². The van der Waals surface area contributed by atoms with Crippen LogP contribution in [-0.2, 0) is 28.5 Å². The molecule has 41 heavy (non-hydrogen) atoms. The van der Waals surface area contributed by atoms with Gasteiger partial charge in [-0.25, -0.2) is 0 Å². The van der Waals surface area contributed by atoms with Crippen LogP contribution in [0.2, 0.25) is 0 Å². The third kappa shape index (κ3) is 10.9. The van der Waals surface area contributed by atoms with Crippen molar-refractivity contribution in [2.75, 3.05) is 40.0 Å². The molecular formula is C26H48N2O13. The molecule has 0 radical (unpaired) electrons. The molecule has 8 N–H and O–H groups in total.